The molecule has 0 bridgehead atoms. The second-order valence-corrected chi connectivity index (χ2v) is 4.68. The lowest BCUT2D eigenvalue weighted by molar-refractivity contribution is 0.174. The van der Waals surface area contributed by atoms with E-state index >= 15 is 0 Å². The van der Waals surface area contributed by atoms with E-state index in [4.69, 9.17) is 4.74 Å². The fourth-order valence-corrected chi connectivity index (χ4v) is 2.35. The molecular weight excluding hydrogens is 194 g/mol. The number of thioether (sulfide) groups is 1. The zero-order valence-corrected chi connectivity index (χ0v) is 10.7. The second-order valence-electron chi connectivity index (χ2n) is 3.53. The average molecular weight is 219 g/mol. The highest BCUT2D eigenvalue weighted by Crippen LogP contribution is 2.06. The van der Waals surface area contributed by atoms with Gasteiger partial charge in [-0.15, -0.1) is 0 Å². The summed E-state index contributed by atoms with van der Waals surface area (Å²) in [6.45, 7) is 6.37. The van der Waals surface area contributed by atoms with Crippen molar-refractivity contribution in [3.05, 3.63) is 0 Å². The van der Waals surface area contributed by atoms with Crippen LogP contribution in [0.5, 0.6) is 0 Å². The predicted molar refractivity (Wildman–Crippen MR) is 66.2 cm³/mol. The molecule has 0 aliphatic heterocycles. The molecule has 0 aromatic rings. The van der Waals surface area contributed by atoms with Crippen LogP contribution in [0.3, 0.4) is 0 Å². The molecule has 86 valence electrons. The summed E-state index contributed by atoms with van der Waals surface area (Å²) >= 11 is 2.03. The van der Waals surface area contributed by atoms with Gasteiger partial charge in [0, 0.05) is 18.9 Å². The first kappa shape index (κ1) is 14.3. The van der Waals surface area contributed by atoms with Crippen LogP contribution in [0.15, 0.2) is 0 Å². The molecule has 0 aromatic carbocycles. The van der Waals surface area contributed by atoms with Gasteiger partial charge in [-0.25, -0.2) is 0 Å². The Morgan fingerprint density at radius 1 is 1.29 bits per heavy atom. The van der Waals surface area contributed by atoms with Crippen molar-refractivity contribution < 1.29 is 4.74 Å². The predicted octanol–water partition coefficient (Wildman–Crippen LogP) is 2.53. The fraction of sp³-hybridized carbons (Fsp3) is 1.00. The van der Waals surface area contributed by atoms with Gasteiger partial charge in [0.2, 0.25) is 0 Å². The fourth-order valence-electron chi connectivity index (χ4n) is 1.19. The third-order valence-electron chi connectivity index (χ3n) is 2.01. The normalized spacial score (nSPS) is 13.1. The summed E-state index contributed by atoms with van der Waals surface area (Å²) in [6, 6.07) is 0.529. The van der Waals surface area contributed by atoms with Crippen LogP contribution >= 0.6 is 11.8 Å². The van der Waals surface area contributed by atoms with Crippen molar-refractivity contribution in [1.29, 1.82) is 0 Å². The quantitative estimate of drug-likeness (QED) is 0.571. The Morgan fingerprint density at radius 3 is 2.64 bits per heavy atom. The first-order valence-corrected chi connectivity index (χ1v) is 6.80. The van der Waals surface area contributed by atoms with Crippen molar-refractivity contribution in [2.75, 3.05) is 31.8 Å². The summed E-state index contributed by atoms with van der Waals surface area (Å²) < 4.78 is 5.18. The maximum absolute atomic E-state index is 5.18. The molecule has 1 unspecified atom stereocenters. The zero-order chi connectivity index (χ0) is 10.6. The molecule has 14 heavy (non-hydrogen) atoms. The number of hydrogen-bond acceptors (Lipinski definition) is 3. The van der Waals surface area contributed by atoms with Gasteiger partial charge in [-0.05, 0) is 25.1 Å². The van der Waals surface area contributed by atoms with Gasteiger partial charge >= 0.3 is 0 Å². The van der Waals surface area contributed by atoms with Gasteiger partial charge in [0.15, 0.2) is 0 Å². The monoisotopic (exact) mass is 219 g/mol. The number of rotatable bonds is 10. The standard InChI is InChI=1S/C11H25NOS/c1-4-6-8-14-10-11(9-13-3)12-7-5-2/h11-12H,4-10H2,1-3H3. The van der Waals surface area contributed by atoms with E-state index in [0.717, 1.165) is 13.2 Å². The van der Waals surface area contributed by atoms with Gasteiger partial charge in [0.05, 0.1) is 6.61 Å². The van der Waals surface area contributed by atoms with Crippen LogP contribution in [-0.4, -0.2) is 37.8 Å². The van der Waals surface area contributed by atoms with Crippen molar-refractivity contribution in [3.8, 4) is 0 Å². The third-order valence-corrected chi connectivity index (χ3v) is 3.23. The Morgan fingerprint density at radius 2 is 2.07 bits per heavy atom. The Labute approximate surface area is 93.2 Å². The summed E-state index contributed by atoms with van der Waals surface area (Å²) in [4.78, 5) is 0. The first-order valence-electron chi connectivity index (χ1n) is 5.65. The number of hydrogen-bond donors (Lipinski definition) is 1. The van der Waals surface area contributed by atoms with Gasteiger partial charge < -0.3 is 10.1 Å². The van der Waals surface area contributed by atoms with Crippen molar-refractivity contribution in [2.24, 2.45) is 0 Å². The van der Waals surface area contributed by atoms with Gasteiger partial charge in [0.25, 0.3) is 0 Å². The SMILES string of the molecule is CCCCSCC(COC)NCCC. The number of nitrogens with one attached hydrogen (secondary N) is 1. The highest BCUT2D eigenvalue weighted by molar-refractivity contribution is 7.99. The summed E-state index contributed by atoms with van der Waals surface area (Å²) in [5.41, 5.74) is 0. The summed E-state index contributed by atoms with van der Waals surface area (Å²) in [6.07, 6.45) is 3.82. The van der Waals surface area contributed by atoms with E-state index in [2.05, 4.69) is 19.2 Å². The molecule has 0 fully saturated rings. The van der Waals surface area contributed by atoms with Crippen LogP contribution in [0.2, 0.25) is 0 Å². The van der Waals surface area contributed by atoms with E-state index in [1.165, 1.54) is 30.8 Å². The molecule has 1 atom stereocenters. The van der Waals surface area contributed by atoms with E-state index in [9.17, 15) is 0 Å². The Hall–Kier alpha value is 0.270. The molecule has 1 N–H and O–H groups in total. The topological polar surface area (TPSA) is 21.3 Å². The first-order chi connectivity index (χ1) is 6.85. The molecule has 0 rings (SSSR count). The lowest BCUT2D eigenvalue weighted by Gasteiger charge is -2.16. The maximum atomic E-state index is 5.18. The van der Waals surface area contributed by atoms with E-state index in [0.29, 0.717) is 6.04 Å². The van der Waals surface area contributed by atoms with E-state index in [1.54, 1.807) is 7.11 Å². The number of unbranched alkanes of at least 4 members (excludes halogenated alkanes) is 1. The summed E-state index contributed by atoms with van der Waals surface area (Å²) in [5, 5.41) is 3.50. The van der Waals surface area contributed by atoms with Crippen LogP contribution < -0.4 is 5.32 Å². The molecule has 0 saturated carbocycles. The zero-order valence-electron chi connectivity index (χ0n) is 9.84. The molecule has 0 aromatic heterocycles. The van der Waals surface area contributed by atoms with Crippen LogP contribution in [0.1, 0.15) is 33.1 Å². The molecule has 0 radical (unpaired) electrons. The molecule has 0 saturated heterocycles. The molecule has 0 spiro atoms. The second kappa shape index (κ2) is 11.3. The molecular formula is C11H25NOS. The van der Waals surface area contributed by atoms with Crippen LogP contribution in [-0.2, 0) is 4.74 Å². The third kappa shape index (κ3) is 8.85. The Kier molecular flexibility index (Phi) is 11.6. The minimum Gasteiger partial charge on any atom is -0.383 e. The molecule has 0 aliphatic rings. The van der Waals surface area contributed by atoms with Gasteiger partial charge in [-0.1, -0.05) is 20.3 Å². The van der Waals surface area contributed by atoms with Crippen LogP contribution in [0, 0.1) is 0 Å². The van der Waals surface area contributed by atoms with Gasteiger partial charge in [-0.3, -0.25) is 0 Å². The highest BCUT2D eigenvalue weighted by atomic mass is 32.2. The summed E-state index contributed by atoms with van der Waals surface area (Å²) in [5.74, 6) is 2.46. The van der Waals surface area contributed by atoms with Crippen molar-refractivity contribution in [3.63, 3.8) is 0 Å². The van der Waals surface area contributed by atoms with Gasteiger partial charge in [-0.2, -0.15) is 11.8 Å². The van der Waals surface area contributed by atoms with Crippen LogP contribution in [0.25, 0.3) is 0 Å². The largest absolute Gasteiger partial charge is 0.383 e. The summed E-state index contributed by atoms with van der Waals surface area (Å²) in [7, 11) is 1.78. The van der Waals surface area contributed by atoms with Crippen molar-refractivity contribution in [1.82, 2.24) is 5.32 Å². The minimum atomic E-state index is 0.529. The van der Waals surface area contributed by atoms with Gasteiger partial charge in [0.1, 0.15) is 0 Å². The van der Waals surface area contributed by atoms with E-state index in [-0.39, 0.29) is 0 Å². The lowest BCUT2D eigenvalue weighted by atomic mass is 10.3. The average Bonchev–Trinajstić information content (AvgIpc) is 2.20. The molecule has 3 heteroatoms. The van der Waals surface area contributed by atoms with E-state index in [1.807, 2.05) is 11.8 Å². The van der Waals surface area contributed by atoms with Crippen molar-refractivity contribution in [2.45, 2.75) is 39.2 Å². The Balaban J connectivity index is 3.40. The molecule has 0 amide bonds. The molecule has 0 aliphatic carbocycles. The Bertz CT molecular complexity index is 111. The lowest BCUT2D eigenvalue weighted by Crippen LogP contribution is -2.36. The van der Waals surface area contributed by atoms with Crippen molar-refractivity contribution >= 4 is 11.8 Å². The molecule has 2 nitrogen and oxygen atoms in total. The number of methoxy groups -OCH3 is 1. The maximum Gasteiger partial charge on any atom is 0.0623 e. The molecule has 0 heterocycles. The minimum absolute atomic E-state index is 0.529. The highest BCUT2D eigenvalue weighted by Gasteiger charge is 2.06. The smallest absolute Gasteiger partial charge is 0.0623 e. The van der Waals surface area contributed by atoms with Crippen LogP contribution in [0.4, 0.5) is 0 Å². The van der Waals surface area contributed by atoms with E-state index < -0.39 is 0 Å². The number of ether oxygens (including phenoxy) is 1.